The van der Waals surface area contributed by atoms with E-state index in [0.717, 1.165) is 34.4 Å². The van der Waals surface area contributed by atoms with E-state index < -0.39 is 17.2 Å². The van der Waals surface area contributed by atoms with Crippen LogP contribution in [0.1, 0.15) is 40.9 Å². The summed E-state index contributed by atoms with van der Waals surface area (Å²) in [6.07, 6.45) is -4.53. The molecule has 4 aromatic rings. The highest BCUT2D eigenvalue weighted by atomic mass is 19.4. The van der Waals surface area contributed by atoms with Crippen molar-refractivity contribution in [2.24, 2.45) is 0 Å². The number of aromatic hydroxyl groups is 2. The van der Waals surface area contributed by atoms with Gasteiger partial charge in [-0.2, -0.15) is 13.2 Å². The number of carbonyl (C=O) groups excluding carboxylic acids is 1. The van der Waals surface area contributed by atoms with Crippen LogP contribution in [-0.4, -0.2) is 16.1 Å². The maximum absolute atomic E-state index is 13.3. The van der Waals surface area contributed by atoms with E-state index in [2.05, 4.69) is 5.32 Å². The van der Waals surface area contributed by atoms with Gasteiger partial charge in [-0.15, -0.1) is 0 Å². The summed E-state index contributed by atoms with van der Waals surface area (Å²) in [5.41, 5.74) is 2.82. The summed E-state index contributed by atoms with van der Waals surface area (Å²) in [5, 5.41) is 23.5. The zero-order valence-corrected chi connectivity index (χ0v) is 18.3. The molecule has 0 radical (unpaired) electrons. The van der Waals surface area contributed by atoms with Crippen molar-refractivity contribution >= 4 is 22.4 Å². The summed E-state index contributed by atoms with van der Waals surface area (Å²) in [6.45, 7) is 3.98. The second-order valence-corrected chi connectivity index (χ2v) is 8.96. The van der Waals surface area contributed by atoms with Crippen LogP contribution < -0.4 is 5.32 Å². The minimum absolute atomic E-state index is 0.0525. The van der Waals surface area contributed by atoms with E-state index in [9.17, 15) is 28.2 Å². The van der Waals surface area contributed by atoms with Gasteiger partial charge in [0, 0.05) is 22.1 Å². The lowest BCUT2D eigenvalue weighted by molar-refractivity contribution is -0.137. The Morgan fingerprint density at radius 2 is 1.56 bits per heavy atom. The molecular formula is C27H20F3NO3. The first-order valence-electron chi connectivity index (χ1n) is 10.6. The average Bonchev–Trinajstić information content (AvgIpc) is 3.00. The number of hydrogen-bond acceptors (Lipinski definition) is 3. The van der Waals surface area contributed by atoms with Crippen LogP contribution in [0, 0.1) is 0 Å². The summed E-state index contributed by atoms with van der Waals surface area (Å²) in [7, 11) is 0. The van der Waals surface area contributed by atoms with Gasteiger partial charge < -0.3 is 15.5 Å². The van der Waals surface area contributed by atoms with Crippen molar-refractivity contribution in [3.63, 3.8) is 0 Å². The first-order valence-corrected chi connectivity index (χ1v) is 10.6. The first-order chi connectivity index (χ1) is 16.0. The monoisotopic (exact) mass is 463 g/mol. The van der Waals surface area contributed by atoms with E-state index in [0.29, 0.717) is 16.6 Å². The predicted molar refractivity (Wildman–Crippen MR) is 124 cm³/mol. The highest BCUT2D eigenvalue weighted by molar-refractivity contribution is 6.08. The Bertz CT molecular complexity index is 1470. The molecule has 5 rings (SSSR count). The maximum atomic E-state index is 13.3. The highest BCUT2D eigenvalue weighted by Crippen LogP contribution is 2.54. The molecule has 0 saturated carbocycles. The largest absolute Gasteiger partial charge is 0.508 e. The molecule has 0 aliphatic heterocycles. The number of benzene rings is 4. The number of carbonyl (C=O) groups is 1. The normalized spacial score (nSPS) is 14.0. The number of anilines is 1. The maximum Gasteiger partial charge on any atom is 0.416 e. The molecule has 0 unspecified atom stereocenters. The van der Waals surface area contributed by atoms with Crippen LogP contribution >= 0.6 is 0 Å². The number of fused-ring (bicyclic) bond motifs is 5. The first kappa shape index (κ1) is 21.8. The molecule has 0 saturated heterocycles. The Morgan fingerprint density at radius 1 is 0.853 bits per heavy atom. The Balaban J connectivity index is 1.64. The van der Waals surface area contributed by atoms with E-state index in [-0.39, 0.29) is 22.8 Å². The molecular weight excluding hydrogens is 443 g/mol. The smallest absolute Gasteiger partial charge is 0.416 e. The van der Waals surface area contributed by atoms with Crippen molar-refractivity contribution in [3.8, 4) is 22.6 Å². The Kier molecular flexibility index (Phi) is 4.65. The van der Waals surface area contributed by atoms with Gasteiger partial charge in [-0.25, -0.2) is 0 Å². The second kappa shape index (κ2) is 7.25. The van der Waals surface area contributed by atoms with Crippen LogP contribution in [0.3, 0.4) is 0 Å². The van der Waals surface area contributed by atoms with Gasteiger partial charge in [0.25, 0.3) is 5.91 Å². The molecule has 0 bridgehead atoms. The van der Waals surface area contributed by atoms with Crippen molar-refractivity contribution in [1.82, 2.24) is 0 Å². The number of phenols is 2. The van der Waals surface area contributed by atoms with Crippen molar-refractivity contribution < 1.29 is 28.2 Å². The van der Waals surface area contributed by atoms with Gasteiger partial charge in [0.15, 0.2) is 0 Å². The minimum atomic E-state index is -4.53. The summed E-state index contributed by atoms with van der Waals surface area (Å²) in [6, 6.07) is 16.2. The molecule has 0 spiro atoms. The number of halogens is 3. The Morgan fingerprint density at radius 3 is 2.24 bits per heavy atom. The fraction of sp³-hybridized carbons (Fsp3) is 0.148. The molecule has 4 aromatic carbocycles. The van der Waals surface area contributed by atoms with Gasteiger partial charge in [-0.3, -0.25) is 4.79 Å². The minimum Gasteiger partial charge on any atom is -0.508 e. The summed E-state index contributed by atoms with van der Waals surface area (Å²) < 4.78 is 39.9. The zero-order chi connectivity index (χ0) is 24.4. The lowest BCUT2D eigenvalue weighted by Crippen LogP contribution is -2.15. The van der Waals surface area contributed by atoms with E-state index >= 15 is 0 Å². The third-order valence-electron chi connectivity index (χ3n) is 6.47. The molecule has 4 nitrogen and oxygen atoms in total. The van der Waals surface area contributed by atoms with E-state index in [1.54, 1.807) is 12.1 Å². The van der Waals surface area contributed by atoms with Gasteiger partial charge in [0.05, 0.1) is 5.56 Å². The topological polar surface area (TPSA) is 69.6 Å². The van der Waals surface area contributed by atoms with Gasteiger partial charge >= 0.3 is 6.18 Å². The number of hydrogen-bond donors (Lipinski definition) is 3. The lowest BCUT2D eigenvalue weighted by atomic mass is 9.82. The molecule has 0 atom stereocenters. The van der Waals surface area contributed by atoms with Crippen LogP contribution in [0.25, 0.3) is 21.9 Å². The molecule has 3 N–H and O–H groups in total. The van der Waals surface area contributed by atoms with E-state index in [1.807, 2.05) is 19.9 Å². The molecule has 0 fully saturated rings. The van der Waals surface area contributed by atoms with Crippen molar-refractivity contribution in [3.05, 3.63) is 89.0 Å². The summed E-state index contributed by atoms with van der Waals surface area (Å²) in [5.74, 6) is -0.513. The molecule has 0 heterocycles. The zero-order valence-electron chi connectivity index (χ0n) is 18.3. The highest BCUT2D eigenvalue weighted by Gasteiger charge is 2.38. The molecule has 7 heteroatoms. The third kappa shape index (κ3) is 3.36. The molecule has 0 aromatic heterocycles. The van der Waals surface area contributed by atoms with Crippen molar-refractivity contribution in [2.75, 3.05) is 5.32 Å². The molecule has 34 heavy (non-hydrogen) atoms. The van der Waals surface area contributed by atoms with Crippen molar-refractivity contribution in [2.45, 2.75) is 25.4 Å². The third-order valence-corrected chi connectivity index (χ3v) is 6.47. The predicted octanol–water partition coefficient (Wildman–Crippen LogP) is 6.83. The van der Waals surface area contributed by atoms with Gasteiger partial charge in [0.1, 0.15) is 11.5 Å². The number of phenolic OH excluding ortho intramolecular Hbond substituents is 2. The van der Waals surface area contributed by atoms with E-state index in [1.165, 1.54) is 36.4 Å². The average molecular weight is 463 g/mol. The number of nitrogens with one attached hydrogen (secondary N) is 1. The van der Waals surface area contributed by atoms with Crippen LogP contribution in [0.4, 0.5) is 18.9 Å². The van der Waals surface area contributed by atoms with E-state index in [4.69, 9.17) is 0 Å². The summed E-state index contributed by atoms with van der Waals surface area (Å²) in [4.78, 5) is 12.7. The number of amides is 1. The van der Waals surface area contributed by atoms with Crippen molar-refractivity contribution in [1.29, 1.82) is 0 Å². The quantitative estimate of drug-likeness (QED) is 0.305. The van der Waals surface area contributed by atoms with Crippen LogP contribution in [0.2, 0.25) is 0 Å². The number of alkyl halides is 3. The van der Waals surface area contributed by atoms with Gasteiger partial charge in [-0.1, -0.05) is 26.0 Å². The molecule has 1 aliphatic rings. The van der Waals surface area contributed by atoms with Gasteiger partial charge in [-0.05, 0) is 82.2 Å². The second-order valence-electron chi connectivity index (χ2n) is 8.96. The summed E-state index contributed by atoms with van der Waals surface area (Å²) >= 11 is 0. The van der Waals surface area contributed by atoms with Crippen LogP contribution in [0.5, 0.6) is 11.5 Å². The SMILES string of the molecule is CC1(C)c2ccc(NC(=O)c3ccc(O)cc3)cc2-c2c1cc(O)c1cc(C(F)(F)F)ccc21. The standard InChI is InChI=1S/C27H20F3NO3/c1-26(2)21-10-6-16(31-25(34)14-3-7-17(32)8-4-14)12-20(21)24-18-9-5-15(27(28,29)30)11-19(18)23(33)13-22(24)26/h3-13,32-33H,1-2H3,(H,31,34). The molecule has 1 aliphatic carbocycles. The van der Waals surface area contributed by atoms with Gasteiger partial charge in [0.2, 0.25) is 0 Å². The fourth-order valence-electron chi connectivity index (χ4n) is 4.70. The van der Waals surface area contributed by atoms with Crippen LogP contribution in [-0.2, 0) is 11.6 Å². The Hall–Kier alpha value is -4.00. The fourth-order valence-corrected chi connectivity index (χ4v) is 4.70. The Labute approximate surface area is 193 Å². The van der Waals surface area contributed by atoms with Crippen LogP contribution in [0.15, 0.2) is 66.7 Å². The number of rotatable bonds is 2. The molecule has 172 valence electrons. The lowest BCUT2D eigenvalue weighted by Gasteiger charge is -2.22. The molecule has 1 amide bonds.